The van der Waals surface area contributed by atoms with E-state index in [1.54, 1.807) is 36.4 Å². The first-order valence-electron chi connectivity index (χ1n) is 9.08. The Kier molecular flexibility index (Phi) is 4.71. The first-order chi connectivity index (χ1) is 13.2. The Morgan fingerprint density at radius 3 is 2.26 bits per heavy atom. The van der Waals surface area contributed by atoms with Crippen LogP contribution in [0.3, 0.4) is 0 Å². The maximum atomic E-state index is 13.0. The Balaban J connectivity index is 1.50. The topological polar surface area (TPSA) is 49.4 Å². The molecule has 0 spiro atoms. The van der Waals surface area contributed by atoms with Gasteiger partial charge in [-0.05, 0) is 60.9 Å². The molecule has 3 aromatic carbocycles. The number of carbonyl (C=O) groups is 2. The van der Waals surface area contributed by atoms with Crippen molar-refractivity contribution in [1.29, 1.82) is 0 Å². The van der Waals surface area contributed by atoms with Gasteiger partial charge in [0.05, 0.1) is 0 Å². The molecule has 2 amide bonds. The Bertz CT molecular complexity index is 965. The predicted octanol–water partition coefficient (Wildman–Crippen LogP) is 4.53. The summed E-state index contributed by atoms with van der Waals surface area (Å²) in [5, 5.41) is 2.86. The van der Waals surface area contributed by atoms with Crippen molar-refractivity contribution in [2.75, 3.05) is 16.8 Å². The van der Waals surface area contributed by atoms with Crippen molar-refractivity contribution in [1.82, 2.24) is 0 Å². The highest BCUT2D eigenvalue weighted by atomic mass is 16.2. The summed E-state index contributed by atoms with van der Waals surface area (Å²) in [5.41, 5.74) is 4.09. The largest absolute Gasteiger partial charge is 0.322 e. The number of rotatable bonds is 3. The number of anilines is 2. The molecule has 3 aromatic rings. The van der Waals surface area contributed by atoms with Gasteiger partial charge in [0.15, 0.2) is 0 Å². The van der Waals surface area contributed by atoms with Crippen LogP contribution in [0.2, 0.25) is 0 Å². The van der Waals surface area contributed by atoms with E-state index < -0.39 is 0 Å². The third-order valence-corrected chi connectivity index (χ3v) is 4.78. The second kappa shape index (κ2) is 7.46. The van der Waals surface area contributed by atoms with Gasteiger partial charge in [-0.25, -0.2) is 0 Å². The van der Waals surface area contributed by atoms with Crippen molar-refractivity contribution in [2.45, 2.75) is 12.8 Å². The number of fused-ring (bicyclic) bond motifs is 1. The fourth-order valence-electron chi connectivity index (χ4n) is 3.39. The molecule has 4 heteroatoms. The SMILES string of the molecule is O=C(Nc1ccc(C(=O)N2CCCc3ccccc32)cc1)c1ccccc1. The number of carbonyl (C=O) groups excluding carboxylic acids is 2. The van der Waals surface area contributed by atoms with Gasteiger partial charge >= 0.3 is 0 Å². The molecule has 0 radical (unpaired) electrons. The third-order valence-electron chi connectivity index (χ3n) is 4.78. The normalized spacial score (nSPS) is 13.0. The van der Waals surface area contributed by atoms with E-state index in [0.717, 1.165) is 25.1 Å². The van der Waals surface area contributed by atoms with Crippen molar-refractivity contribution >= 4 is 23.2 Å². The molecule has 27 heavy (non-hydrogen) atoms. The van der Waals surface area contributed by atoms with Crippen molar-refractivity contribution in [3.63, 3.8) is 0 Å². The van der Waals surface area contributed by atoms with E-state index in [2.05, 4.69) is 11.4 Å². The summed E-state index contributed by atoms with van der Waals surface area (Å²) < 4.78 is 0. The lowest BCUT2D eigenvalue weighted by molar-refractivity contribution is 0.0984. The molecule has 4 rings (SSSR count). The molecule has 0 saturated carbocycles. The number of nitrogens with zero attached hydrogens (tertiary/aromatic N) is 1. The van der Waals surface area contributed by atoms with Gasteiger partial charge in [0, 0.05) is 29.0 Å². The summed E-state index contributed by atoms with van der Waals surface area (Å²) in [4.78, 5) is 27.0. The van der Waals surface area contributed by atoms with Crippen LogP contribution in [-0.4, -0.2) is 18.4 Å². The maximum Gasteiger partial charge on any atom is 0.258 e. The molecule has 1 N–H and O–H groups in total. The lowest BCUT2D eigenvalue weighted by Crippen LogP contribution is -2.35. The van der Waals surface area contributed by atoms with Gasteiger partial charge in [0.1, 0.15) is 0 Å². The van der Waals surface area contributed by atoms with Crippen LogP contribution in [0.25, 0.3) is 0 Å². The number of para-hydroxylation sites is 1. The van der Waals surface area contributed by atoms with E-state index in [4.69, 9.17) is 0 Å². The van der Waals surface area contributed by atoms with Gasteiger partial charge in [-0.15, -0.1) is 0 Å². The van der Waals surface area contributed by atoms with Crippen molar-refractivity contribution in [2.24, 2.45) is 0 Å². The molecule has 0 saturated heterocycles. The van der Waals surface area contributed by atoms with Crippen LogP contribution in [0.5, 0.6) is 0 Å². The summed E-state index contributed by atoms with van der Waals surface area (Å²) in [6, 6.07) is 24.2. The molecule has 134 valence electrons. The molecule has 0 fully saturated rings. The molecule has 1 aliphatic rings. The molecule has 1 aliphatic heterocycles. The molecule has 1 heterocycles. The van der Waals surface area contributed by atoms with Gasteiger partial charge < -0.3 is 10.2 Å². The zero-order chi connectivity index (χ0) is 18.6. The first-order valence-corrected chi connectivity index (χ1v) is 9.08. The second-order valence-corrected chi connectivity index (χ2v) is 6.59. The highest BCUT2D eigenvalue weighted by Gasteiger charge is 2.23. The summed E-state index contributed by atoms with van der Waals surface area (Å²) in [6.45, 7) is 0.725. The Hall–Kier alpha value is -3.40. The van der Waals surface area contributed by atoms with Crippen LogP contribution in [0.4, 0.5) is 11.4 Å². The minimum absolute atomic E-state index is 0.0110. The lowest BCUT2D eigenvalue weighted by atomic mass is 10.0. The second-order valence-electron chi connectivity index (χ2n) is 6.59. The molecule has 0 aliphatic carbocycles. The maximum absolute atomic E-state index is 13.0. The average molecular weight is 356 g/mol. The minimum Gasteiger partial charge on any atom is -0.322 e. The zero-order valence-electron chi connectivity index (χ0n) is 14.9. The number of aryl methyl sites for hydroxylation is 1. The van der Waals surface area contributed by atoms with Gasteiger partial charge in [-0.1, -0.05) is 36.4 Å². The molecule has 0 unspecified atom stereocenters. The average Bonchev–Trinajstić information content (AvgIpc) is 2.74. The zero-order valence-corrected chi connectivity index (χ0v) is 14.9. The van der Waals surface area contributed by atoms with Crippen molar-refractivity contribution < 1.29 is 9.59 Å². The Labute approximate surface area is 158 Å². The molecule has 4 nitrogen and oxygen atoms in total. The monoisotopic (exact) mass is 356 g/mol. The summed E-state index contributed by atoms with van der Waals surface area (Å²) in [6.07, 6.45) is 1.97. The van der Waals surface area contributed by atoms with Gasteiger partial charge in [0.2, 0.25) is 0 Å². The van der Waals surface area contributed by atoms with E-state index in [9.17, 15) is 9.59 Å². The van der Waals surface area contributed by atoms with Crippen LogP contribution in [-0.2, 0) is 6.42 Å². The van der Waals surface area contributed by atoms with Gasteiger partial charge in [-0.3, -0.25) is 9.59 Å². The van der Waals surface area contributed by atoms with E-state index >= 15 is 0 Å². The Morgan fingerprint density at radius 1 is 0.778 bits per heavy atom. The first kappa shape index (κ1) is 17.0. The van der Waals surface area contributed by atoms with Gasteiger partial charge in [-0.2, -0.15) is 0 Å². The lowest BCUT2D eigenvalue weighted by Gasteiger charge is -2.29. The predicted molar refractivity (Wildman–Crippen MR) is 107 cm³/mol. The molecular formula is C23H20N2O2. The van der Waals surface area contributed by atoms with Crippen molar-refractivity contribution in [3.05, 3.63) is 95.6 Å². The van der Waals surface area contributed by atoms with Crippen molar-refractivity contribution in [3.8, 4) is 0 Å². The number of nitrogens with one attached hydrogen (secondary N) is 1. The number of amides is 2. The Morgan fingerprint density at radius 2 is 1.48 bits per heavy atom. The summed E-state index contributed by atoms with van der Waals surface area (Å²) >= 11 is 0. The molecule has 0 aromatic heterocycles. The highest BCUT2D eigenvalue weighted by Crippen LogP contribution is 2.28. The summed E-state index contributed by atoms with van der Waals surface area (Å²) in [7, 11) is 0. The fourth-order valence-corrected chi connectivity index (χ4v) is 3.39. The fraction of sp³-hybridized carbons (Fsp3) is 0.130. The van der Waals surface area contributed by atoms with Crippen LogP contribution in [0.1, 0.15) is 32.7 Å². The quantitative estimate of drug-likeness (QED) is 0.749. The van der Waals surface area contributed by atoms with Crippen LogP contribution >= 0.6 is 0 Å². The van der Waals surface area contributed by atoms with Crippen LogP contribution < -0.4 is 10.2 Å². The standard InChI is InChI=1S/C23H20N2O2/c26-22(18-8-2-1-3-9-18)24-20-14-12-19(13-15-20)23(27)25-16-6-10-17-7-4-5-11-21(17)25/h1-5,7-9,11-15H,6,10,16H2,(H,24,26). The number of hydrogen-bond donors (Lipinski definition) is 1. The minimum atomic E-state index is -0.167. The van der Waals surface area contributed by atoms with Crippen LogP contribution in [0, 0.1) is 0 Å². The number of benzene rings is 3. The van der Waals surface area contributed by atoms with Gasteiger partial charge in [0.25, 0.3) is 11.8 Å². The van der Waals surface area contributed by atoms with Crippen LogP contribution in [0.15, 0.2) is 78.9 Å². The highest BCUT2D eigenvalue weighted by molar-refractivity contribution is 6.07. The van der Waals surface area contributed by atoms with E-state index in [0.29, 0.717) is 16.8 Å². The summed E-state index contributed by atoms with van der Waals surface area (Å²) in [5.74, 6) is -0.178. The molecule has 0 atom stereocenters. The van der Waals surface area contributed by atoms with E-state index in [1.807, 2.05) is 41.3 Å². The molecular weight excluding hydrogens is 336 g/mol. The smallest absolute Gasteiger partial charge is 0.258 e. The third kappa shape index (κ3) is 3.60. The van der Waals surface area contributed by atoms with E-state index in [1.165, 1.54) is 5.56 Å². The van der Waals surface area contributed by atoms with E-state index in [-0.39, 0.29) is 11.8 Å². The molecule has 0 bridgehead atoms. The number of hydrogen-bond acceptors (Lipinski definition) is 2.